The molecule has 0 spiro atoms. The number of aromatic nitrogens is 3. The Morgan fingerprint density at radius 2 is 1.93 bits per heavy atom. The van der Waals surface area contributed by atoms with Crippen LogP contribution < -0.4 is 5.32 Å². The second kappa shape index (κ2) is 8.08. The van der Waals surface area contributed by atoms with E-state index in [-0.39, 0.29) is 17.9 Å². The van der Waals surface area contributed by atoms with Gasteiger partial charge in [-0.05, 0) is 38.8 Å². The molecule has 1 fully saturated rings. The summed E-state index contributed by atoms with van der Waals surface area (Å²) in [5.74, 6) is 0.298. The highest BCUT2D eigenvalue weighted by Gasteiger charge is 2.34. The number of thiazole rings is 1. The van der Waals surface area contributed by atoms with Crippen molar-refractivity contribution in [3.63, 3.8) is 0 Å². The highest BCUT2D eigenvalue weighted by atomic mass is 32.1. The molecule has 29 heavy (non-hydrogen) atoms. The zero-order valence-corrected chi connectivity index (χ0v) is 17.1. The molecule has 2 aromatic heterocycles. The Morgan fingerprint density at radius 1 is 1.14 bits per heavy atom. The second-order valence-corrected chi connectivity index (χ2v) is 7.83. The Hall–Kier alpha value is -3.13. The molecule has 3 heterocycles. The molecule has 1 aromatic carbocycles. The normalized spacial score (nSPS) is 16.1. The van der Waals surface area contributed by atoms with Gasteiger partial charge in [0, 0.05) is 18.4 Å². The van der Waals surface area contributed by atoms with Crippen molar-refractivity contribution < 1.29 is 9.59 Å². The molecular formula is C21H21N5O2S. The number of hydrogen-bond donors (Lipinski definition) is 1. The minimum Gasteiger partial charge on any atom is -0.328 e. The molecule has 0 aliphatic carbocycles. The lowest BCUT2D eigenvalue weighted by molar-refractivity contribution is 0.0733. The molecule has 8 heteroatoms. The number of nitrogens with zero attached hydrogens (tertiary/aromatic N) is 4. The number of benzene rings is 1. The quantitative estimate of drug-likeness (QED) is 0.711. The highest BCUT2D eigenvalue weighted by Crippen LogP contribution is 2.32. The van der Waals surface area contributed by atoms with E-state index >= 15 is 0 Å². The zero-order chi connectivity index (χ0) is 20.4. The maximum absolute atomic E-state index is 13.0. The van der Waals surface area contributed by atoms with Gasteiger partial charge in [0.25, 0.3) is 11.8 Å². The predicted molar refractivity (Wildman–Crippen MR) is 111 cm³/mol. The van der Waals surface area contributed by atoms with Crippen LogP contribution in [0, 0.1) is 13.8 Å². The summed E-state index contributed by atoms with van der Waals surface area (Å²) >= 11 is 1.36. The van der Waals surface area contributed by atoms with Crippen molar-refractivity contribution >= 4 is 28.8 Å². The van der Waals surface area contributed by atoms with Crippen LogP contribution in [-0.4, -0.2) is 38.2 Å². The van der Waals surface area contributed by atoms with Crippen LogP contribution >= 0.6 is 11.3 Å². The molecule has 148 valence electrons. The lowest BCUT2D eigenvalue weighted by atomic mass is 10.1. The van der Waals surface area contributed by atoms with Gasteiger partial charge in [-0.25, -0.2) is 15.0 Å². The van der Waals surface area contributed by atoms with Gasteiger partial charge in [0.05, 0.1) is 28.5 Å². The fourth-order valence-electron chi connectivity index (χ4n) is 3.50. The van der Waals surface area contributed by atoms with Gasteiger partial charge in [0.15, 0.2) is 5.82 Å². The van der Waals surface area contributed by atoms with Gasteiger partial charge in [0.2, 0.25) is 0 Å². The summed E-state index contributed by atoms with van der Waals surface area (Å²) in [5.41, 5.74) is 4.17. The Bertz CT molecular complexity index is 1050. The minimum atomic E-state index is -0.250. The molecule has 1 saturated heterocycles. The Labute approximate surface area is 172 Å². The van der Waals surface area contributed by atoms with Crippen LogP contribution in [0.3, 0.4) is 0 Å². The summed E-state index contributed by atoms with van der Waals surface area (Å²) in [5, 5.41) is 2.85. The Kier molecular flexibility index (Phi) is 5.35. The van der Waals surface area contributed by atoms with E-state index in [1.54, 1.807) is 18.6 Å². The van der Waals surface area contributed by atoms with Crippen molar-refractivity contribution in [1.29, 1.82) is 0 Å². The molecule has 0 radical (unpaired) electrons. The summed E-state index contributed by atoms with van der Waals surface area (Å²) < 4.78 is 0. The Morgan fingerprint density at radius 3 is 2.62 bits per heavy atom. The van der Waals surface area contributed by atoms with E-state index in [0.29, 0.717) is 34.2 Å². The number of hydrogen-bond acceptors (Lipinski definition) is 6. The van der Waals surface area contributed by atoms with Crippen molar-refractivity contribution in [2.24, 2.45) is 0 Å². The molecule has 1 aliphatic heterocycles. The number of carbonyl (C=O) groups excluding carboxylic acids is 2. The third-order valence-corrected chi connectivity index (χ3v) is 5.94. The van der Waals surface area contributed by atoms with E-state index in [1.807, 2.05) is 42.2 Å². The van der Waals surface area contributed by atoms with Crippen molar-refractivity contribution in [2.75, 3.05) is 11.9 Å². The monoisotopic (exact) mass is 407 g/mol. The number of nitrogens with one attached hydrogen (secondary N) is 1. The van der Waals surface area contributed by atoms with Gasteiger partial charge in [-0.3, -0.25) is 9.59 Å². The largest absolute Gasteiger partial charge is 0.328 e. The maximum atomic E-state index is 13.0. The first-order valence-electron chi connectivity index (χ1n) is 9.45. The summed E-state index contributed by atoms with van der Waals surface area (Å²) in [6.45, 7) is 4.30. The zero-order valence-electron chi connectivity index (χ0n) is 16.3. The number of likely N-dealkylation sites (tertiary alicyclic amines) is 1. The maximum Gasteiger partial charge on any atom is 0.266 e. The lowest BCUT2D eigenvalue weighted by Gasteiger charge is -2.23. The van der Waals surface area contributed by atoms with Crippen LogP contribution in [-0.2, 0) is 0 Å². The molecule has 1 aliphatic rings. The number of carbonyl (C=O) groups is 2. The lowest BCUT2D eigenvalue weighted by Crippen LogP contribution is -2.31. The van der Waals surface area contributed by atoms with E-state index in [2.05, 4.69) is 20.3 Å². The number of amides is 2. The molecule has 7 nitrogen and oxygen atoms in total. The van der Waals surface area contributed by atoms with Crippen LogP contribution in [0.15, 0.2) is 42.0 Å². The Balaban J connectivity index is 1.54. The molecule has 1 N–H and O–H groups in total. The molecule has 0 bridgehead atoms. The molecule has 1 atom stereocenters. The summed E-state index contributed by atoms with van der Waals surface area (Å²) in [7, 11) is 0. The SMILES string of the molecule is Cc1nc(C2CCCN2C(=O)c2scnc2C)ncc1C(=O)Nc1ccccc1. The predicted octanol–water partition coefficient (Wildman–Crippen LogP) is 3.78. The number of para-hydroxylation sites is 1. The van der Waals surface area contributed by atoms with Gasteiger partial charge in [-0.15, -0.1) is 11.3 Å². The van der Waals surface area contributed by atoms with E-state index in [0.717, 1.165) is 18.5 Å². The fraction of sp³-hybridized carbons (Fsp3) is 0.286. The summed E-state index contributed by atoms with van der Waals surface area (Å²) in [6.07, 6.45) is 3.25. The topological polar surface area (TPSA) is 88.1 Å². The van der Waals surface area contributed by atoms with Crippen LogP contribution in [0.4, 0.5) is 5.69 Å². The van der Waals surface area contributed by atoms with Crippen LogP contribution in [0.25, 0.3) is 0 Å². The van der Waals surface area contributed by atoms with Gasteiger partial charge in [-0.1, -0.05) is 18.2 Å². The second-order valence-electron chi connectivity index (χ2n) is 6.97. The molecule has 4 rings (SSSR count). The third-order valence-electron chi connectivity index (χ3n) is 5.03. The highest BCUT2D eigenvalue weighted by molar-refractivity contribution is 7.11. The molecular weight excluding hydrogens is 386 g/mol. The van der Waals surface area contributed by atoms with E-state index in [9.17, 15) is 9.59 Å². The summed E-state index contributed by atoms with van der Waals surface area (Å²) in [6, 6.07) is 9.07. The van der Waals surface area contributed by atoms with Crippen LogP contribution in [0.1, 0.15) is 56.1 Å². The smallest absolute Gasteiger partial charge is 0.266 e. The average molecular weight is 407 g/mol. The molecule has 1 unspecified atom stereocenters. The minimum absolute atomic E-state index is 0.0281. The van der Waals surface area contributed by atoms with Crippen molar-refractivity contribution in [2.45, 2.75) is 32.7 Å². The van der Waals surface area contributed by atoms with Crippen molar-refractivity contribution in [1.82, 2.24) is 19.9 Å². The van der Waals surface area contributed by atoms with E-state index < -0.39 is 0 Å². The van der Waals surface area contributed by atoms with Crippen molar-refractivity contribution in [3.8, 4) is 0 Å². The van der Waals surface area contributed by atoms with E-state index in [1.165, 1.54) is 11.3 Å². The van der Waals surface area contributed by atoms with Gasteiger partial charge in [0.1, 0.15) is 4.88 Å². The van der Waals surface area contributed by atoms with Gasteiger partial charge >= 0.3 is 0 Å². The standard InChI is InChI=1S/C21H21N5O2S/c1-13-16(20(27)25-15-7-4-3-5-8-15)11-22-19(24-13)17-9-6-10-26(17)21(28)18-14(2)23-12-29-18/h3-5,7-8,11-12,17H,6,9-10H2,1-2H3,(H,25,27). The number of aryl methyl sites for hydroxylation is 2. The third kappa shape index (κ3) is 3.88. The van der Waals surface area contributed by atoms with Gasteiger partial charge < -0.3 is 10.2 Å². The summed E-state index contributed by atoms with van der Waals surface area (Å²) in [4.78, 5) is 41.2. The first kappa shape index (κ1) is 19.2. The van der Waals surface area contributed by atoms with Crippen molar-refractivity contribution in [3.05, 3.63) is 69.7 Å². The first-order valence-corrected chi connectivity index (χ1v) is 10.3. The first-order chi connectivity index (χ1) is 14.0. The number of anilines is 1. The molecule has 0 saturated carbocycles. The number of rotatable bonds is 4. The molecule has 3 aromatic rings. The molecule has 2 amide bonds. The van der Waals surface area contributed by atoms with Gasteiger partial charge in [-0.2, -0.15) is 0 Å². The van der Waals surface area contributed by atoms with Crippen LogP contribution in [0.2, 0.25) is 0 Å². The van der Waals surface area contributed by atoms with Crippen LogP contribution in [0.5, 0.6) is 0 Å². The van der Waals surface area contributed by atoms with E-state index in [4.69, 9.17) is 0 Å². The average Bonchev–Trinajstić information content (AvgIpc) is 3.37. The fourth-order valence-corrected chi connectivity index (χ4v) is 4.26.